The summed E-state index contributed by atoms with van der Waals surface area (Å²) in [6.45, 7) is 1.77. The van der Waals surface area contributed by atoms with Gasteiger partial charge >= 0.3 is 5.97 Å². The minimum absolute atomic E-state index is 0.205. The predicted molar refractivity (Wildman–Crippen MR) is 71.0 cm³/mol. The largest absolute Gasteiger partial charge is 0.469 e. The summed E-state index contributed by atoms with van der Waals surface area (Å²) in [5, 5.41) is 0. The van der Waals surface area contributed by atoms with Gasteiger partial charge in [-0.05, 0) is 30.7 Å². The van der Waals surface area contributed by atoms with Crippen LogP contribution < -0.4 is 4.74 Å². The van der Waals surface area contributed by atoms with Crippen LogP contribution in [0.5, 0.6) is 11.7 Å². The fourth-order valence-corrected chi connectivity index (χ4v) is 1.71. The Bertz CT molecular complexity index is 597. The molecule has 20 heavy (non-hydrogen) atoms. The molecular weight excluding hydrogens is 260 g/mol. The third-order valence-corrected chi connectivity index (χ3v) is 2.87. The van der Waals surface area contributed by atoms with Crippen molar-refractivity contribution in [1.29, 1.82) is 0 Å². The van der Waals surface area contributed by atoms with Crippen molar-refractivity contribution in [3.8, 4) is 11.7 Å². The molecule has 1 atom stereocenters. The third-order valence-electron chi connectivity index (χ3n) is 2.87. The number of benzene rings is 1. The second kappa shape index (κ2) is 6.06. The summed E-state index contributed by atoms with van der Waals surface area (Å²) < 4.78 is 15.2. The Kier molecular flexibility index (Phi) is 4.20. The van der Waals surface area contributed by atoms with E-state index in [4.69, 9.17) is 9.15 Å². The Labute approximate surface area is 116 Å². The van der Waals surface area contributed by atoms with E-state index in [1.54, 1.807) is 37.3 Å². The Balaban J connectivity index is 2.08. The van der Waals surface area contributed by atoms with E-state index < -0.39 is 0 Å². The van der Waals surface area contributed by atoms with Gasteiger partial charge in [-0.3, -0.25) is 9.59 Å². The van der Waals surface area contributed by atoms with Crippen LogP contribution in [0.15, 0.2) is 40.8 Å². The van der Waals surface area contributed by atoms with Crippen molar-refractivity contribution >= 4 is 12.3 Å². The molecule has 0 aliphatic heterocycles. The molecule has 1 heterocycles. The molecule has 0 saturated carbocycles. The van der Waals surface area contributed by atoms with Gasteiger partial charge in [0.2, 0.25) is 0 Å². The summed E-state index contributed by atoms with van der Waals surface area (Å²) in [7, 11) is 1.36. The number of carbonyl (C=O) groups is 2. The Hall–Kier alpha value is -2.56. The van der Waals surface area contributed by atoms with Crippen LogP contribution in [-0.2, 0) is 9.53 Å². The number of hydrogen-bond acceptors (Lipinski definition) is 5. The number of furan rings is 1. The van der Waals surface area contributed by atoms with Gasteiger partial charge in [0, 0.05) is 6.07 Å². The molecule has 5 nitrogen and oxygen atoms in total. The Morgan fingerprint density at radius 2 is 1.90 bits per heavy atom. The van der Waals surface area contributed by atoms with E-state index in [1.165, 1.54) is 13.2 Å². The van der Waals surface area contributed by atoms with E-state index >= 15 is 0 Å². The predicted octanol–water partition coefficient (Wildman–Crippen LogP) is 3.16. The molecule has 0 bridgehead atoms. The summed E-state index contributed by atoms with van der Waals surface area (Å²) in [6, 6.07) is 10.1. The summed E-state index contributed by atoms with van der Waals surface area (Å²) in [5.41, 5.74) is 0.831. The van der Waals surface area contributed by atoms with E-state index in [-0.39, 0.29) is 23.6 Å². The topological polar surface area (TPSA) is 65.7 Å². The minimum atomic E-state index is -0.334. The standard InChI is InChI=1S/C15H14O5/c1-10(15(17)18-2)11-3-5-12(6-4-11)19-14-8-7-13(9-16)20-14/h3-10H,1-2H3. The van der Waals surface area contributed by atoms with Gasteiger partial charge in [0.15, 0.2) is 12.0 Å². The average Bonchev–Trinajstić information content (AvgIpc) is 2.94. The SMILES string of the molecule is COC(=O)C(C)c1ccc(Oc2ccc(C=O)o2)cc1. The van der Waals surface area contributed by atoms with Gasteiger partial charge < -0.3 is 13.9 Å². The monoisotopic (exact) mass is 274 g/mol. The number of methoxy groups -OCH3 is 1. The maximum Gasteiger partial charge on any atom is 0.312 e. The Morgan fingerprint density at radius 1 is 1.20 bits per heavy atom. The summed E-state index contributed by atoms with van der Waals surface area (Å²) >= 11 is 0. The molecule has 0 aliphatic carbocycles. The first kappa shape index (κ1) is 13.9. The van der Waals surface area contributed by atoms with Crippen LogP contribution in [0.1, 0.15) is 29.0 Å². The number of aldehydes is 1. The molecule has 0 fully saturated rings. The summed E-state index contributed by atoms with van der Waals surface area (Å²) in [4.78, 5) is 21.9. The third kappa shape index (κ3) is 3.06. The van der Waals surface area contributed by atoms with Crippen LogP contribution in [-0.4, -0.2) is 19.4 Å². The molecule has 0 saturated heterocycles. The molecule has 5 heteroatoms. The van der Waals surface area contributed by atoms with Crippen molar-refractivity contribution < 1.29 is 23.5 Å². The number of ether oxygens (including phenoxy) is 2. The number of hydrogen-bond donors (Lipinski definition) is 0. The van der Waals surface area contributed by atoms with Crippen LogP contribution in [0.2, 0.25) is 0 Å². The van der Waals surface area contributed by atoms with Gasteiger partial charge in [0.1, 0.15) is 5.75 Å². The number of esters is 1. The van der Waals surface area contributed by atoms with Crippen molar-refractivity contribution in [2.24, 2.45) is 0 Å². The number of carbonyl (C=O) groups excluding carboxylic acids is 2. The zero-order valence-electron chi connectivity index (χ0n) is 11.2. The van der Waals surface area contributed by atoms with Crippen molar-refractivity contribution in [2.75, 3.05) is 7.11 Å². The Morgan fingerprint density at radius 3 is 2.45 bits per heavy atom. The highest BCUT2D eigenvalue weighted by molar-refractivity contribution is 5.77. The van der Waals surface area contributed by atoms with Crippen LogP contribution in [0, 0.1) is 0 Å². The highest BCUT2D eigenvalue weighted by atomic mass is 16.6. The van der Waals surface area contributed by atoms with Crippen molar-refractivity contribution in [3.63, 3.8) is 0 Å². The average molecular weight is 274 g/mol. The van der Waals surface area contributed by atoms with Crippen LogP contribution >= 0.6 is 0 Å². The summed E-state index contributed by atoms with van der Waals surface area (Å²) in [5.74, 6) is 0.370. The van der Waals surface area contributed by atoms with E-state index in [1.807, 2.05) is 0 Å². The van der Waals surface area contributed by atoms with Gasteiger partial charge in [-0.1, -0.05) is 12.1 Å². The lowest BCUT2D eigenvalue weighted by atomic mass is 10.0. The van der Waals surface area contributed by atoms with Gasteiger partial charge in [-0.15, -0.1) is 0 Å². The van der Waals surface area contributed by atoms with Crippen molar-refractivity contribution in [3.05, 3.63) is 47.7 Å². The second-order valence-electron chi connectivity index (χ2n) is 4.19. The quantitative estimate of drug-likeness (QED) is 0.619. The van der Waals surface area contributed by atoms with Crippen LogP contribution in [0.4, 0.5) is 0 Å². The van der Waals surface area contributed by atoms with Crippen LogP contribution in [0.25, 0.3) is 0 Å². The lowest BCUT2D eigenvalue weighted by Gasteiger charge is -2.10. The van der Waals surface area contributed by atoms with Gasteiger partial charge in [-0.2, -0.15) is 0 Å². The van der Waals surface area contributed by atoms with Gasteiger partial charge in [0.05, 0.1) is 13.0 Å². The van der Waals surface area contributed by atoms with Crippen molar-refractivity contribution in [2.45, 2.75) is 12.8 Å². The smallest absolute Gasteiger partial charge is 0.312 e. The summed E-state index contributed by atoms with van der Waals surface area (Å²) in [6.07, 6.45) is 0.605. The highest BCUT2D eigenvalue weighted by Gasteiger charge is 2.15. The zero-order chi connectivity index (χ0) is 14.5. The first-order chi connectivity index (χ1) is 9.63. The molecular formula is C15H14O5. The fraction of sp³-hybridized carbons (Fsp3) is 0.200. The molecule has 0 amide bonds. The first-order valence-corrected chi connectivity index (χ1v) is 6.04. The van der Waals surface area contributed by atoms with Crippen molar-refractivity contribution in [1.82, 2.24) is 0 Å². The van der Waals surface area contributed by atoms with Crippen LogP contribution in [0.3, 0.4) is 0 Å². The molecule has 1 aromatic carbocycles. The second-order valence-corrected chi connectivity index (χ2v) is 4.19. The van der Waals surface area contributed by atoms with E-state index in [9.17, 15) is 9.59 Å². The minimum Gasteiger partial charge on any atom is -0.469 e. The molecule has 1 aromatic heterocycles. The van der Waals surface area contributed by atoms with E-state index in [2.05, 4.69) is 4.74 Å². The molecule has 0 radical (unpaired) electrons. The molecule has 2 aromatic rings. The van der Waals surface area contributed by atoms with Gasteiger partial charge in [0.25, 0.3) is 5.95 Å². The normalized spacial score (nSPS) is 11.7. The fourth-order valence-electron chi connectivity index (χ4n) is 1.71. The molecule has 2 rings (SSSR count). The lowest BCUT2D eigenvalue weighted by Crippen LogP contribution is -2.10. The maximum absolute atomic E-state index is 11.4. The first-order valence-electron chi connectivity index (χ1n) is 6.04. The van der Waals surface area contributed by atoms with E-state index in [0.29, 0.717) is 12.0 Å². The molecule has 104 valence electrons. The molecule has 1 unspecified atom stereocenters. The molecule has 0 aliphatic rings. The highest BCUT2D eigenvalue weighted by Crippen LogP contribution is 2.25. The zero-order valence-corrected chi connectivity index (χ0v) is 11.2. The van der Waals surface area contributed by atoms with Gasteiger partial charge in [-0.25, -0.2) is 0 Å². The maximum atomic E-state index is 11.4. The number of rotatable bonds is 5. The lowest BCUT2D eigenvalue weighted by molar-refractivity contribution is -0.141. The molecule has 0 N–H and O–H groups in total. The van der Waals surface area contributed by atoms with E-state index in [0.717, 1.165) is 5.56 Å². The molecule has 0 spiro atoms.